The molecule has 0 unspecified atom stereocenters. The van der Waals surface area contributed by atoms with Crippen molar-refractivity contribution in [3.8, 4) is 0 Å². The van der Waals surface area contributed by atoms with Gasteiger partial charge in [0.25, 0.3) is 0 Å². The largest absolute Gasteiger partial charge is 0.453 e. The summed E-state index contributed by atoms with van der Waals surface area (Å²) >= 11 is 4.86. The van der Waals surface area contributed by atoms with Gasteiger partial charge < -0.3 is 4.74 Å². The zero-order chi connectivity index (χ0) is 9.28. The molecular weight excluding hydrogens is 168 g/mol. The van der Waals surface area contributed by atoms with Crippen LogP contribution in [0.3, 0.4) is 0 Å². The van der Waals surface area contributed by atoms with Crippen molar-refractivity contribution in [1.29, 1.82) is 10.8 Å². The highest BCUT2D eigenvalue weighted by Crippen LogP contribution is 1.94. The molecule has 0 aliphatic carbocycles. The smallest absolute Gasteiger partial charge is 0.403 e. The van der Waals surface area contributed by atoms with E-state index < -0.39 is 5.43 Å². The van der Waals surface area contributed by atoms with Crippen molar-refractivity contribution in [2.45, 2.75) is 13.8 Å². The molecule has 0 radical (unpaired) electrons. The van der Waals surface area contributed by atoms with Crippen LogP contribution in [-0.4, -0.2) is 18.0 Å². The summed E-state index contributed by atoms with van der Waals surface area (Å²) in [5.41, 5.74) is -0.723. The maximum absolute atomic E-state index is 9.89. The quantitative estimate of drug-likeness (QED) is 0.503. The number of rotatable bonds is 2. The van der Waals surface area contributed by atoms with E-state index in [1.54, 1.807) is 0 Å². The van der Waals surface area contributed by atoms with Crippen molar-refractivity contribution >= 4 is 23.0 Å². The van der Waals surface area contributed by atoms with Crippen LogP contribution in [0.4, 0.5) is 4.79 Å². The lowest BCUT2D eigenvalue weighted by molar-refractivity contribution is 0.159. The van der Waals surface area contributed by atoms with Gasteiger partial charge >= 0.3 is 5.43 Å². The second-order valence-electron chi connectivity index (χ2n) is 2.07. The molecule has 2 N–H and O–H groups in total. The number of carbonyl (C=O) groups excluding carboxylic acids is 1. The van der Waals surface area contributed by atoms with Crippen molar-refractivity contribution < 1.29 is 9.53 Å². The topological polar surface area (TPSA) is 74.0 Å². The van der Waals surface area contributed by atoms with Crippen LogP contribution in [0.15, 0.2) is 0 Å². The summed E-state index contributed by atoms with van der Waals surface area (Å²) in [6, 6.07) is 1.25. The van der Waals surface area contributed by atoms with Gasteiger partial charge in [-0.1, -0.05) is 13.8 Å². The summed E-state index contributed by atoms with van der Waals surface area (Å²) in [7, 11) is 0. The van der Waals surface area contributed by atoms with Gasteiger partial charge in [0.15, 0.2) is 0 Å². The molecule has 0 aliphatic heterocycles. The monoisotopic (exact) mass is 178 g/mol. The lowest BCUT2D eigenvalue weighted by atomic mass is 10.2. The van der Waals surface area contributed by atoms with E-state index in [4.69, 9.17) is 22.4 Å². The van der Waals surface area contributed by atoms with Gasteiger partial charge in [-0.05, 0) is 5.92 Å². The Morgan fingerprint density at radius 2 is 2.00 bits per heavy atom. The number of halogens is 1. The SMILES string of the molecule is CC(C)COC(=O)Cl.N=C=N. The second kappa shape index (κ2) is 9.14. The molecule has 0 fully saturated rings. The molecule has 0 aromatic heterocycles. The Morgan fingerprint density at radius 1 is 1.64 bits per heavy atom. The first-order valence-electron chi connectivity index (χ1n) is 2.95. The summed E-state index contributed by atoms with van der Waals surface area (Å²) < 4.78 is 4.43. The van der Waals surface area contributed by atoms with Gasteiger partial charge in [-0.15, -0.1) is 0 Å². The molecule has 0 spiro atoms. The molecule has 0 aromatic rings. The molecule has 11 heavy (non-hydrogen) atoms. The summed E-state index contributed by atoms with van der Waals surface area (Å²) in [6.07, 6.45) is 0. The van der Waals surface area contributed by atoms with Gasteiger partial charge in [-0.25, -0.2) is 15.6 Å². The predicted molar refractivity (Wildman–Crippen MR) is 42.5 cm³/mol. The number of ether oxygens (including phenoxy) is 1. The van der Waals surface area contributed by atoms with Crippen LogP contribution in [0, 0.1) is 16.7 Å². The molecule has 64 valence electrons. The molecule has 5 heteroatoms. The van der Waals surface area contributed by atoms with E-state index in [1.165, 1.54) is 6.01 Å². The van der Waals surface area contributed by atoms with Crippen LogP contribution in [0.25, 0.3) is 0 Å². The normalized spacial score (nSPS) is 7.64. The molecule has 0 heterocycles. The van der Waals surface area contributed by atoms with Crippen molar-refractivity contribution in [3.63, 3.8) is 0 Å². The fourth-order valence-electron chi connectivity index (χ4n) is 0.232. The van der Waals surface area contributed by atoms with Crippen LogP contribution in [0.5, 0.6) is 0 Å². The Bertz CT molecular complexity index is 142. The standard InChI is InChI=1S/C5H9ClO2.CH2N2/c1-4(2)3-8-5(6)7;2-1-3/h4H,3H2,1-2H3;2-3H. The van der Waals surface area contributed by atoms with Crippen LogP contribution < -0.4 is 0 Å². The van der Waals surface area contributed by atoms with Gasteiger partial charge in [0.05, 0.1) is 12.6 Å². The van der Waals surface area contributed by atoms with Crippen LogP contribution >= 0.6 is 11.6 Å². The minimum atomic E-state index is -0.723. The minimum absolute atomic E-state index is 0.359. The van der Waals surface area contributed by atoms with Crippen LogP contribution in [0.2, 0.25) is 0 Å². The molecule has 0 atom stereocenters. The van der Waals surface area contributed by atoms with Crippen molar-refractivity contribution in [1.82, 2.24) is 0 Å². The number of carbonyl (C=O) groups is 1. The lowest BCUT2D eigenvalue weighted by Crippen LogP contribution is -2.02. The van der Waals surface area contributed by atoms with E-state index in [1.807, 2.05) is 13.8 Å². The lowest BCUT2D eigenvalue weighted by Gasteiger charge is -2.00. The first-order chi connectivity index (χ1) is 5.04. The third-order valence-electron chi connectivity index (χ3n) is 0.530. The summed E-state index contributed by atoms with van der Waals surface area (Å²) in [5, 5.41) is 11.2. The Kier molecular flexibility index (Phi) is 10.6. The second-order valence-corrected chi connectivity index (χ2v) is 2.38. The van der Waals surface area contributed by atoms with Crippen molar-refractivity contribution in [2.24, 2.45) is 5.92 Å². The Labute approximate surface area is 70.5 Å². The van der Waals surface area contributed by atoms with Gasteiger partial charge in [-0.3, -0.25) is 0 Å². The van der Waals surface area contributed by atoms with E-state index in [2.05, 4.69) is 4.74 Å². The van der Waals surface area contributed by atoms with E-state index in [0.717, 1.165) is 0 Å². The predicted octanol–water partition coefficient (Wildman–Crippen LogP) is 2.34. The van der Waals surface area contributed by atoms with Gasteiger partial charge in [0.1, 0.15) is 0 Å². The Hall–Kier alpha value is -0.860. The van der Waals surface area contributed by atoms with Gasteiger partial charge in [0.2, 0.25) is 0 Å². The summed E-state index contributed by atoms with van der Waals surface area (Å²) in [6.45, 7) is 4.29. The molecule has 0 rings (SSSR count). The first kappa shape index (κ1) is 12.8. The number of hydrogen-bond donors (Lipinski definition) is 2. The molecule has 0 aliphatic rings. The maximum Gasteiger partial charge on any atom is 0.403 e. The summed E-state index contributed by atoms with van der Waals surface area (Å²) in [5.74, 6) is 0.359. The Balaban J connectivity index is 0. The molecule has 0 amide bonds. The third kappa shape index (κ3) is 27.2. The maximum atomic E-state index is 9.89. The van der Waals surface area contributed by atoms with E-state index in [9.17, 15) is 4.79 Å². The highest BCUT2D eigenvalue weighted by Gasteiger charge is 1.96. The van der Waals surface area contributed by atoms with Crippen molar-refractivity contribution in [3.05, 3.63) is 0 Å². The molecule has 0 bridgehead atoms. The first-order valence-corrected chi connectivity index (χ1v) is 3.33. The molecule has 4 nitrogen and oxygen atoms in total. The minimum Gasteiger partial charge on any atom is -0.453 e. The van der Waals surface area contributed by atoms with Gasteiger partial charge in [0, 0.05) is 11.6 Å². The fourth-order valence-corrected chi connectivity index (χ4v) is 0.295. The van der Waals surface area contributed by atoms with Crippen LogP contribution in [-0.2, 0) is 4.74 Å². The van der Waals surface area contributed by atoms with E-state index >= 15 is 0 Å². The molecule has 0 saturated carbocycles. The van der Waals surface area contributed by atoms with E-state index in [-0.39, 0.29) is 0 Å². The molecule has 0 aromatic carbocycles. The van der Waals surface area contributed by atoms with Crippen molar-refractivity contribution in [2.75, 3.05) is 6.61 Å². The van der Waals surface area contributed by atoms with E-state index in [0.29, 0.717) is 12.5 Å². The van der Waals surface area contributed by atoms with Gasteiger partial charge in [-0.2, -0.15) is 0 Å². The highest BCUT2D eigenvalue weighted by molar-refractivity contribution is 6.61. The third-order valence-corrected chi connectivity index (χ3v) is 0.639. The summed E-state index contributed by atoms with van der Waals surface area (Å²) in [4.78, 5) is 9.89. The highest BCUT2D eigenvalue weighted by atomic mass is 35.5. The molecular formula is C6H11ClN2O2. The number of nitrogens with one attached hydrogen (secondary N) is 2. The zero-order valence-electron chi connectivity index (χ0n) is 6.48. The zero-order valence-corrected chi connectivity index (χ0v) is 7.23. The van der Waals surface area contributed by atoms with Crippen LogP contribution in [0.1, 0.15) is 13.8 Å². The molecule has 0 saturated heterocycles. The average Bonchev–Trinajstić information content (AvgIpc) is 1.85. The average molecular weight is 179 g/mol. The fraction of sp³-hybridized carbons (Fsp3) is 0.667. The Morgan fingerprint density at radius 3 is 2.09 bits per heavy atom. The number of hydrogen-bond acceptors (Lipinski definition) is 4.